The van der Waals surface area contributed by atoms with E-state index in [1.54, 1.807) is 77.0 Å². The Morgan fingerprint density at radius 2 is 0.611 bits per heavy atom. The van der Waals surface area contributed by atoms with E-state index >= 15 is 0 Å². The molecular formula is C18H30. The van der Waals surface area contributed by atoms with Crippen molar-refractivity contribution < 1.29 is 0 Å². The van der Waals surface area contributed by atoms with Gasteiger partial charge in [-0.1, -0.05) is 51.4 Å². The van der Waals surface area contributed by atoms with Crippen molar-refractivity contribution in [2.75, 3.05) is 0 Å². The van der Waals surface area contributed by atoms with Crippen LogP contribution in [0.5, 0.6) is 0 Å². The zero-order chi connectivity index (χ0) is 11.9. The summed E-state index contributed by atoms with van der Waals surface area (Å²) in [7, 11) is 0. The van der Waals surface area contributed by atoms with Crippen molar-refractivity contribution in [1.29, 1.82) is 0 Å². The number of rotatable bonds is 0. The molecule has 4 aliphatic carbocycles. The van der Waals surface area contributed by atoms with Crippen LogP contribution in [0.1, 0.15) is 77.0 Å². The molecule has 4 rings (SSSR count). The Bertz CT molecular complexity index is 236. The van der Waals surface area contributed by atoms with E-state index in [4.69, 9.17) is 0 Å². The zero-order valence-electron chi connectivity index (χ0n) is 11.9. The summed E-state index contributed by atoms with van der Waals surface area (Å²) in [4.78, 5) is 0. The summed E-state index contributed by atoms with van der Waals surface area (Å²) in [5, 5.41) is 0. The van der Waals surface area contributed by atoms with E-state index in [1.807, 2.05) is 0 Å². The van der Waals surface area contributed by atoms with E-state index in [9.17, 15) is 0 Å². The van der Waals surface area contributed by atoms with E-state index in [2.05, 4.69) is 0 Å². The Morgan fingerprint density at radius 3 is 0.889 bits per heavy atom. The molecule has 0 spiro atoms. The Balaban J connectivity index is 1.46. The van der Waals surface area contributed by atoms with Crippen LogP contribution in [0.25, 0.3) is 0 Å². The van der Waals surface area contributed by atoms with E-state index < -0.39 is 0 Å². The standard InChI is InChI=1S/C18H30/c1-2-6-14-10-18-12-16-8-4-3-7-15(16)11-17(18)9-13(14)5-1/h13-18H,1-12H2. The number of hydrogen-bond acceptors (Lipinski definition) is 0. The predicted molar refractivity (Wildman–Crippen MR) is 76.3 cm³/mol. The summed E-state index contributed by atoms with van der Waals surface area (Å²) in [6, 6.07) is 0. The van der Waals surface area contributed by atoms with Gasteiger partial charge in [0.05, 0.1) is 0 Å². The van der Waals surface area contributed by atoms with Gasteiger partial charge in [-0.15, -0.1) is 0 Å². The predicted octanol–water partition coefficient (Wildman–Crippen LogP) is 5.42. The first-order valence-electron chi connectivity index (χ1n) is 8.90. The Kier molecular flexibility index (Phi) is 3.17. The molecule has 102 valence electrons. The average molecular weight is 246 g/mol. The maximum atomic E-state index is 1.64. The third-order valence-corrected chi connectivity index (χ3v) is 7.22. The van der Waals surface area contributed by atoms with Crippen LogP contribution in [-0.2, 0) is 0 Å². The lowest BCUT2D eigenvalue weighted by Crippen LogP contribution is -2.41. The van der Waals surface area contributed by atoms with Gasteiger partial charge in [0.25, 0.3) is 0 Å². The molecule has 4 saturated carbocycles. The average Bonchev–Trinajstić information content (AvgIpc) is 2.42. The van der Waals surface area contributed by atoms with Crippen LogP contribution in [0.3, 0.4) is 0 Å². The van der Waals surface area contributed by atoms with Crippen LogP contribution >= 0.6 is 0 Å². The van der Waals surface area contributed by atoms with Crippen LogP contribution < -0.4 is 0 Å². The topological polar surface area (TPSA) is 0 Å². The van der Waals surface area contributed by atoms with Gasteiger partial charge in [-0.2, -0.15) is 0 Å². The highest BCUT2D eigenvalue weighted by Gasteiger charge is 2.44. The van der Waals surface area contributed by atoms with E-state index in [0.29, 0.717) is 0 Å². The molecule has 0 nitrogen and oxygen atoms in total. The summed E-state index contributed by atoms with van der Waals surface area (Å²) in [6.07, 6.45) is 19.1. The van der Waals surface area contributed by atoms with Crippen molar-refractivity contribution in [2.45, 2.75) is 77.0 Å². The molecule has 0 aromatic carbocycles. The van der Waals surface area contributed by atoms with Gasteiger partial charge in [-0.3, -0.25) is 0 Å². The van der Waals surface area contributed by atoms with Gasteiger partial charge in [0.2, 0.25) is 0 Å². The second kappa shape index (κ2) is 4.84. The zero-order valence-corrected chi connectivity index (χ0v) is 11.9. The summed E-state index contributed by atoms with van der Waals surface area (Å²) in [6.45, 7) is 0. The normalized spacial score (nSPS) is 52.0. The van der Waals surface area contributed by atoms with Gasteiger partial charge in [-0.25, -0.2) is 0 Å². The van der Waals surface area contributed by atoms with Gasteiger partial charge in [0, 0.05) is 0 Å². The first kappa shape index (κ1) is 11.8. The molecule has 0 bridgehead atoms. The Hall–Kier alpha value is 0. The highest BCUT2D eigenvalue weighted by Crippen LogP contribution is 2.54. The lowest BCUT2D eigenvalue weighted by atomic mass is 9.55. The molecule has 4 fully saturated rings. The van der Waals surface area contributed by atoms with Gasteiger partial charge in [0.15, 0.2) is 0 Å². The summed E-state index contributed by atoms with van der Waals surface area (Å²) in [5.74, 6) is 6.92. The van der Waals surface area contributed by atoms with Gasteiger partial charge in [-0.05, 0) is 61.2 Å². The fraction of sp³-hybridized carbons (Fsp3) is 1.00. The quantitative estimate of drug-likeness (QED) is 0.535. The molecule has 0 N–H and O–H groups in total. The van der Waals surface area contributed by atoms with Crippen LogP contribution in [0.2, 0.25) is 0 Å². The molecule has 0 radical (unpaired) electrons. The van der Waals surface area contributed by atoms with Crippen LogP contribution in [0, 0.1) is 35.5 Å². The van der Waals surface area contributed by atoms with Crippen LogP contribution in [-0.4, -0.2) is 0 Å². The van der Waals surface area contributed by atoms with E-state index in [1.165, 1.54) is 0 Å². The summed E-state index contributed by atoms with van der Waals surface area (Å²) in [5.41, 5.74) is 0. The lowest BCUT2D eigenvalue weighted by Gasteiger charge is -2.51. The second-order valence-corrected chi connectivity index (χ2v) is 8.07. The monoisotopic (exact) mass is 246 g/mol. The van der Waals surface area contributed by atoms with Crippen molar-refractivity contribution in [2.24, 2.45) is 35.5 Å². The molecule has 4 aliphatic rings. The fourth-order valence-electron chi connectivity index (χ4n) is 6.33. The minimum atomic E-state index is 1.15. The van der Waals surface area contributed by atoms with Crippen LogP contribution in [0.15, 0.2) is 0 Å². The molecule has 0 aromatic rings. The second-order valence-electron chi connectivity index (χ2n) is 8.07. The Morgan fingerprint density at radius 1 is 0.333 bits per heavy atom. The molecule has 4 unspecified atom stereocenters. The third-order valence-electron chi connectivity index (χ3n) is 7.22. The first-order chi connectivity index (χ1) is 8.90. The minimum Gasteiger partial charge on any atom is -0.0530 e. The molecular weight excluding hydrogens is 216 g/mol. The van der Waals surface area contributed by atoms with Gasteiger partial charge < -0.3 is 0 Å². The van der Waals surface area contributed by atoms with E-state index in [0.717, 1.165) is 35.5 Å². The molecule has 0 heterocycles. The molecule has 0 aliphatic heterocycles. The highest BCUT2D eigenvalue weighted by molar-refractivity contribution is 4.94. The molecule has 0 heteroatoms. The van der Waals surface area contributed by atoms with Gasteiger partial charge >= 0.3 is 0 Å². The number of fused-ring (bicyclic) bond motifs is 3. The third kappa shape index (κ3) is 2.04. The van der Waals surface area contributed by atoms with Crippen molar-refractivity contribution in [3.63, 3.8) is 0 Å². The molecule has 18 heavy (non-hydrogen) atoms. The van der Waals surface area contributed by atoms with Crippen molar-refractivity contribution in [1.82, 2.24) is 0 Å². The SMILES string of the molecule is C1CCC2CC3CC4CCCCC4CC3CC2C1. The lowest BCUT2D eigenvalue weighted by molar-refractivity contribution is -0.00325. The Labute approximate surface area is 113 Å². The maximum absolute atomic E-state index is 1.64. The summed E-state index contributed by atoms with van der Waals surface area (Å²) >= 11 is 0. The summed E-state index contributed by atoms with van der Waals surface area (Å²) < 4.78 is 0. The highest BCUT2D eigenvalue weighted by atomic mass is 14.5. The molecule has 0 aromatic heterocycles. The fourth-order valence-corrected chi connectivity index (χ4v) is 6.33. The molecule has 0 saturated heterocycles. The molecule has 4 atom stereocenters. The molecule has 0 amide bonds. The number of hydrogen-bond donors (Lipinski definition) is 0. The van der Waals surface area contributed by atoms with Crippen molar-refractivity contribution in [3.8, 4) is 0 Å². The smallest absolute Gasteiger partial charge is 0.0380 e. The first-order valence-corrected chi connectivity index (χ1v) is 8.90. The van der Waals surface area contributed by atoms with Crippen molar-refractivity contribution in [3.05, 3.63) is 0 Å². The largest absolute Gasteiger partial charge is 0.0530 e. The maximum Gasteiger partial charge on any atom is -0.0380 e. The minimum absolute atomic E-state index is 1.15. The van der Waals surface area contributed by atoms with E-state index in [-0.39, 0.29) is 0 Å². The van der Waals surface area contributed by atoms with Crippen molar-refractivity contribution >= 4 is 0 Å². The van der Waals surface area contributed by atoms with Crippen LogP contribution in [0.4, 0.5) is 0 Å². The van der Waals surface area contributed by atoms with Gasteiger partial charge in [0.1, 0.15) is 0 Å².